The van der Waals surface area contributed by atoms with Crippen LogP contribution in [-0.2, 0) is 33.9 Å². The highest BCUT2D eigenvalue weighted by Crippen LogP contribution is 2.10. The van der Waals surface area contributed by atoms with E-state index in [0.717, 1.165) is 5.56 Å². The predicted molar refractivity (Wildman–Crippen MR) is 101 cm³/mol. The van der Waals surface area contributed by atoms with E-state index in [4.69, 9.17) is 4.74 Å². The minimum absolute atomic E-state index is 0.0121. The average molecular weight is 414 g/mol. The molecule has 0 aliphatic carbocycles. The van der Waals surface area contributed by atoms with E-state index in [1.165, 1.54) is 19.2 Å². The van der Waals surface area contributed by atoms with Crippen LogP contribution in [0.2, 0.25) is 0 Å². The summed E-state index contributed by atoms with van der Waals surface area (Å²) in [6.45, 7) is 4.17. The first-order chi connectivity index (χ1) is 13.1. The van der Waals surface area contributed by atoms with Crippen LogP contribution in [0.25, 0.3) is 0 Å². The second-order valence-corrected chi connectivity index (χ2v) is 8.02. The molecular formula is C18H26N2O7S. The van der Waals surface area contributed by atoms with Gasteiger partial charge in [-0.3, -0.25) is 9.59 Å². The first-order valence-corrected chi connectivity index (χ1v) is 10.2. The number of hydrogen-bond acceptors (Lipinski definition) is 7. The molecule has 0 heterocycles. The quantitative estimate of drug-likeness (QED) is 0.534. The highest BCUT2D eigenvalue weighted by atomic mass is 32.2. The van der Waals surface area contributed by atoms with Crippen molar-refractivity contribution in [2.45, 2.75) is 38.1 Å². The van der Waals surface area contributed by atoms with Gasteiger partial charge in [0.1, 0.15) is 12.6 Å². The number of methoxy groups -OCH3 is 1. The van der Waals surface area contributed by atoms with Crippen LogP contribution in [0.15, 0.2) is 29.2 Å². The van der Waals surface area contributed by atoms with Gasteiger partial charge in [0.05, 0.1) is 12.0 Å². The Morgan fingerprint density at radius 1 is 1.14 bits per heavy atom. The number of sulfonamides is 1. The van der Waals surface area contributed by atoms with Crippen molar-refractivity contribution in [3.05, 3.63) is 29.8 Å². The fourth-order valence-electron chi connectivity index (χ4n) is 2.16. The fourth-order valence-corrected chi connectivity index (χ4v) is 3.13. The molecule has 0 aliphatic rings. The van der Waals surface area contributed by atoms with E-state index < -0.39 is 47.1 Å². The van der Waals surface area contributed by atoms with Crippen molar-refractivity contribution in [2.24, 2.45) is 5.92 Å². The third kappa shape index (κ3) is 7.28. The molecule has 28 heavy (non-hydrogen) atoms. The van der Waals surface area contributed by atoms with Crippen LogP contribution >= 0.6 is 0 Å². The molecule has 10 heteroatoms. The Labute approximate surface area is 164 Å². The van der Waals surface area contributed by atoms with Gasteiger partial charge >= 0.3 is 11.9 Å². The van der Waals surface area contributed by atoms with Gasteiger partial charge in [-0.15, -0.1) is 0 Å². The van der Waals surface area contributed by atoms with Crippen LogP contribution in [0.1, 0.15) is 25.8 Å². The maximum Gasteiger partial charge on any atom is 0.328 e. The van der Waals surface area contributed by atoms with Crippen molar-refractivity contribution < 1.29 is 32.3 Å². The summed E-state index contributed by atoms with van der Waals surface area (Å²) in [5, 5.41) is 2.45. The maximum absolute atomic E-state index is 12.1. The van der Waals surface area contributed by atoms with Crippen LogP contribution < -0.4 is 10.0 Å². The highest BCUT2D eigenvalue weighted by molar-refractivity contribution is 7.89. The van der Waals surface area contributed by atoms with Gasteiger partial charge in [-0.2, -0.15) is 4.72 Å². The summed E-state index contributed by atoms with van der Waals surface area (Å²) < 4.78 is 35.7. The van der Waals surface area contributed by atoms with Crippen molar-refractivity contribution in [1.29, 1.82) is 0 Å². The normalized spacial score (nSPS) is 13.3. The zero-order chi connectivity index (χ0) is 21.3. The lowest BCUT2D eigenvalue weighted by molar-refractivity contribution is -0.150. The number of amides is 1. The second kappa shape index (κ2) is 10.8. The van der Waals surface area contributed by atoms with Crippen LogP contribution in [0.3, 0.4) is 0 Å². The molecule has 1 aromatic rings. The number of aryl methyl sites for hydroxylation is 1. The Bertz CT molecular complexity index is 791. The van der Waals surface area contributed by atoms with E-state index >= 15 is 0 Å². The van der Waals surface area contributed by atoms with E-state index in [9.17, 15) is 22.8 Å². The van der Waals surface area contributed by atoms with Gasteiger partial charge in [-0.05, 0) is 25.0 Å². The topological polar surface area (TPSA) is 128 Å². The summed E-state index contributed by atoms with van der Waals surface area (Å²) in [6.07, 6.45) is 0.626. The van der Waals surface area contributed by atoms with Gasteiger partial charge in [0.15, 0.2) is 6.61 Å². The van der Waals surface area contributed by atoms with Crippen molar-refractivity contribution in [3.63, 3.8) is 0 Å². The summed E-state index contributed by atoms with van der Waals surface area (Å²) in [5.74, 6) is -2.39. The van der Waals surface area contributed by atoms with Crippen LogP contribution in [0.5, 0.6) is 0 Å². The number of carbonyl (C=O) groups is 3. The molecule has 2 atom stereocenters. The Hall–Kier alpha value is -2.46. The van der Waals surface area contributed by atoms with Gasteiger partial charge in [-0.1, -0.05) is 38.0 Å². The Kier molecular flexibility index (Phi) is 9.07. The molecule has 0 spiro atoms. The summed E-state index contributed by atoms with van der Waals surface area (Å²) in [6, 6.07) is 5.23. The van der Waals surface area contributed by atoms with Gasteiger partial charge in [0.25, 0.3) is 5.91 Å². The number of ether oxygens (including phenoxy) is 2. The summed E-state index contributed by atoms with van der Waals surface area (Å²) in [5.41, 5.74) is 0.895. The van der Waals surface area contributed by atoms with Crippen LogP contribution in [0, 0.1) is 12.8 Å². The third-order valence-electron chi connectivity index (χ3n) is 4.09. The molecule has 0 saturated heterocycles. The van der Waals surface area contributed by atoms with Crippen molar-refractivity contribution in [2.75, 3.05) is 20.3 Å². The molecular weight excluding hydrogens is 388 g/mol. The number of hydrogen-bond donors (Lipinski definition) is 2. The van der Waals surface area contributed by atoms with Gasteiger partial charge in [0.2, 0.25) is 10.0 Å². The smallest absolute Gasteiger partial charge is 0.328 e. The average Bonchev–Trinajstić information content (AvgIpc) is 2.68. The van der Waals surface area contributed by atoms with E-state index in [2.05, 4.69) is 14.8 Å². The Balaban J connectivity index is 2.52. The van der Waals surface area contributed by atoms with Gasteiger partial charge < -0.3 is 14.8 Å². The molecule has 0 saturated carbocycles. The summed E-state index contributed by atoms with van der Waals surface area (Å²) in [7, 11) is -2.66. The lowest BCUT2D eigenvalue weighted by Crippen LogP contribution is -2.47. The molecule has 0 aliphatic heterocycles. The summed E-state index contributed by atoms with van der Waals surface area (Å²) >= 11 is 0. The molecule has 0 fully saturated rings. The molecule has 2 N–H and O–H groups in total. The largest absolute Gasteiger partial charge is 0.467 e. The monoisotopic (exact) mass is 414 g/mol. The fraction of sp³-hybridized carbons (Fsp3) is 0.500. The van der Waals surface area contributed by atoms with E-state index in [1.54, 1.807) is 19.1 Å². The Morgan fingerprint density at radius 2 is 1.75 bits per heavy atom. The van der Waals surface area contributed by atoms with Crippen molar-refractivity contribution >= 4 is 27.9 Å². The number of benzene rings is 1. The predicted octanol–water partition coefficient (Wildman–Crippen LogP) is 0.520. The van der Waals surface area contributed by atoms with Gasteiger partial charge in [-0.25, -0.2) is 13.2 Å². The SMILES string of the molecule is CC[C@@H](C)[C@H](NC(=O)COC(=O)CNS(=O)(=O)c1ccc(C)cc1)C(=O)OC. The van der Waals surface area contributed by atoms with Crippen LogP contribution in [-0.4, -0.2) is 52.6 Å². The van der Waals surface area contributed by atoms with E-state index in [-0.39, 0.29) is 10.8 Å². The van der Waals surface area contributed by atoms with Gasteiger partial charge in [0, 0.05) is 0 Å². The van der Waals surface area contributed by atoms with E-state index in [0.29, 0.717) is 6.42 Å². The molecule has 0 radical (unpaired) electrons. The molecule has 0 unspecified atom stereocenters. The zero-order valence-electron chi connectivity index (χ0n) is 16.4. The molecule has 0 bridgehead atoms. The molecule has 9 nitrogen and oxygen atoms in total. The highest BCUT2D eigenvalue weighted by Gasteiger charge is 2.27. The zero-order valence-corrected chi connectivity index (χ0v) is 17.2. The molecule has 1 aromatic carbocycles. The lowest BCUT2D eigenvalue weighted by Gasteiger charge is -2.21. The molecule has 1 amide bonds. The number of rotatable bonds is 10. The van der Waals surface area contributed by atoms with Crippen LogP contribution in [0.4, 0.5) is 0 Å². The van der Waals surface area contributed by atoms with Crippen molar-refractivity contribution in [3.8, 4) is 0 Å². The number of carbonyl (C=O) groups excluding carboxylic acids is 3. The third-order valence-corrected chi connectivity index (χ3v) is 5.50. The number of esters is 2. The Morgan fingerprint density at radius 3 is 2.29 bits per heavy atom. The molecule has 0 aromatic heterocycles. The van der Waals surface area contributed by atoms with E-state index in [1.807, 2.05) is 13.8 Å². The molecule has 1 rings (SSSR count). The first kappa shape index (κ1) is 23.6. The minimum atomic E-state index is -3.87. The summed E-state index contributed by atoms with van der Waals surface area (Å²) in [4.78, 5) is 35.4. The second-order valence-electron chi connectivity index (χ2n) is 6.25. The minimum Gasteiger partial charge on any atom is -0.467 e. The number of nitrogens with one attached hydrogen (secondary N) is 2. The van der Waals surface area contributed by atoms with Crippen molar-refractivity contribution in [1.82, 2.24) is 10.0 Å². The maximum atomic E-state index is 12.1. The first-order valence-electron chi connectivity index (χ1n) is 8.69. The standard InChI is InChI=1S/C18H26N2O7S/c1-5-13(3)17(18(23)26-4)20-15(21)11-27-16(22)10-19-28(24,25)14-8-6-12(2)7-9-14/h6-9,13,17,19H,5,10-11H2,1-4H3,(H,20,21)/t13-,17+/m1/s1. The molecule has 156 valence electrons. The lowest BCUT2D eigenvalue weighted by atomic mass is 9.99.